The second kappa shape index (κ2) is 9.74. The van der Waals surface area contributed by atoms with Gasteiger partial charge < -0.3 is 15.0 Å². The van der Waals surface area contributed by atoms with Crippen LogP contribution < -0.4 is 10.1 Å². The van der Waals surface area contributed by atoms with Crippen LogP contribution in [0.4, 0.5) is 5.69 Å². The largest absolute Gasteiger partial charge is 0.483 e. The van der Waals surface area contributed by atoms with Gasteiger partial charge in [0.2, 0.25) is 0 Å². The highest BCUT2D eigenvalue weighted by Crippen LogP contribution is 2.22. The number of rotatable bonds is 7. The van der Waals surface area contributed by atoms with Gasteiger partial charge >= 0.3 is 0 Å². The van der Waals surface area contributed by atoms with Gasteiger partial charge in [0, 0.05) is 24.8 Å². The van der Waals surface area contributed by atoms with E-state index >= 15 is 0 Å². The van der Waals surface area contributed by atoms with Gasteiger partial charge in [0.25, 0.3) is 11.8 Å². The van der Waals surface area contributed by atoms with Crippen LogP contribution in [-0.4, -0.2) is 30.4 Å². The van der Waals surface area contributed by atoms with E-state index in [1.165, 1.54) is 0 Å². The molecule has 0 fully saturated rings. The Morgan fingerprint density at radius 2 is 1.57 bits per heavy atom. The van der Waals surface area contributed by atoms with Crippen LogP contribution in [0.15, 0.2) is 72.8 Å². The van der Waals surface area contributed by atoms with Crippen molar-refractivity contribution >= 4 is 17.5 Å². The van der Waals surface area contributed by atoms with Crippen LogP contribution in [-0.2, 0) is 11.3 Å². The highest BCUT2D eigenvalue weighted by atomic mass is 16.5. The van der Waals surface area contributed by atoms with E-state index in [4.69, 9.17) is 4.74 Å². The third-order valence-corrected chi connectivity index (χ3v) is 4.76. The molecule has 1 N–H and O–H groups in total. The SMILES string of the molecule is Cc1cccc(C)c1OCC(=O)Nc1cccc(C(=O)N(C)Cc2ccccc2)c1. The second-order valence-electron chi connectivity index (χ2n) is 7.29. The number of benzene rings is 3. The minimum atomic E-state index is -0.278. The van der Waals surface area contributed by atoms with E-state index in [0.29, 0.717) is 17.8 Å². The van der Waals surface area contributed by atoms with Gasteiger partial charge in [-0.05, 0) is 48.7 Å². The average Bonchev–Trinajstić information content (AvgIpc) is 2.73. The third-order valence-electron chi connectivity index (χ3n) is 4.76. The highest BCUT2D eigenvalue weighted by Gasteiger charge is 2.14. The van der Waals surface area contributed by atoms with Crippen LogP contribution in [0.3, 0.4) is 0 Å². The Morgan fingerprint density at radius 3 is 2.27 bits per heavy atom. The first-order valence-electron chi connectivity index (χ1n) is 9.82. The number of anilines is 1. The highest BCUT2D eigenvalue weighted by molar-refractivity contribution is 5.97. The van der Waals surface area contributed by atoms with E-state index in [9.17, 15) is 9.59 Å². The minimum Gasteiger partial charge on any atom is -0.483 e. The molecule has 0 radical (unpaired) electrons. The van der Waals surface area contributed by atoms with Gasteiger partial charge in [0.05, 0.1) is 0 Å². The quantitative estimate of drug-likeness (QED) is 0.629. The number of amides is 2. The topological polar surface area (TPSA) is 58.6 Å². The number of hydrogen-bond acceptors (Lipinski definition) is 3. The van der Waals surface area contributed by atoms with Crippen molar-refractivity contribution in [2.45, 2.75) is 20.4 Å². The molecule has 0 aliphatic rings. The summed E-state index contributed by atoms with van der Waals surface area (Å²) in [5.74, 6) is 0.334. The number of para-hydroxylation sites is 1. The summed E-state index contributed by atoms with van der Waals surface area (Å²) in [6, 6.07) is 22.6. The van der Waals surface area contributed by atoms with Crippen LogP contribution in [0.1, 0.15) is 27.0 Å². The molecule has 0 heterocycles. The van der Waals surface area contributed by atoms with Gasteiger partial charge in [-0.15, -0.1) is 0 Å². The minimum absolute atomic E-state index is 0.0994. The summed E-state index contributed by atoms with van der Waals surface area (Å²) in [6.45, 7) is 4.31. The van der Waals surface area contributed by atoms with Crippen LogP contribution in [0.25, 0.3) is 0 Å². The number of nitrogens with zero attached hydrogens (tertiary/aromatic N) is 1. The number of carbonyl (C=O) groups excluding carboxylic acids is 2. The number of ether oxygens (including phenoxy) is 1. The summed E-state index contributed by atoms with van der Waals surface area (Å²) < 4.78 is 5.70. The lowest BCUT2D eigenvalue weighted by Crippen LogP contribution is -2.26. The van der Waals surface area contributed by atoms with Crippen molar-refractivity contribution in [3.8, 4) is 5.75 Å². The number of nitrogens with one attached hydrogen (secondary N) is 1. The van der Waals surface area contributed by atoms with Crippen LogP contribution >= 0.6 is 0 Å². The molecule has 3 aromatic rings. The van der Waals surface area contributed by atoms with E-state index < -0.39 is 0 Å². The van der Waals surface area contributed by atoms with E-state index in [2.05, 4.69) is 5.32 Å². The maximum absolute atomic E-state index is 12.8. The Bertz CT molecular complexity index is 1010. The molecule has 0 saturated heterocycles. The molecule has 0 saturated carbocycles. The molecule has 30 heavy (non-hydrogen) atoms. The van der Waals surface area contributed by atoms with Gasteiger partial charge in [0.1, 0.15) is 5.75 Å². The molecule has 0 aliphatic carbocycles. The maximum atomic E-state index is 12.8. The van der Waals surface area contributed by atoms with Gasteiger partial charge in [0.15, 0.2) is 6.61 Å². The maximum Gasteiger partial charge on any atom is 0.262 e. The number of aryl methyl sites for hydroxylation is 2. The molecule has 3 rings (SSSR count). The van der Waals surface area contributed by atoms with Crippen LogP contribution in [0.5, 0.6) is 5.75 Å². The zero-order chi connectivity index (χ0) is 21.5. The average molecular weight is 402 g/mol. The Kier molecular flexibility index (Phi) is 6.86. The molecule has 0 aliphatic heterocycles. The van der Waals surface area contributed by atoms with Crippen molar-refractivity contribution in [3.63, 3.8) is 0 Å². The molecule has 0 bridgehead atoms. The van der Waals surface area contributed by atoms with Crippen molar-refractivity contribution < 1.29 is 14.3 Å². The van der Waals surface area contributed by atoms with E-state index in [0.717, 1.165) is 22.4 Å². The molecular weight excluding hydrogens is 376 g/mol. The smallest absolute Gasteiger partial charge is 0.262 e. The second-order valence-corrected chi connectivity index (χ2v) is 7.29. The van der Waals surface area contributed by atoms with Gasteiger partial charge in [-0.1, -0.05) is 54.6 Å². The van der Waals surface area contributed by atoms with Crippen LogP contribution in [0.2, 0.25) is 0 Å². The van der Waals surface area contributed by atoms with Gasteiger partial charge in [-0.2, -0.15) is 0 Å². The molecular formula is C25H26N2O3. The fraction of sp³-hybridized carbons (Fsp3) is 0.200. The summed E-state index contributed by atoms with van der Waals surface area (Å²) in [6.07, 6.45) is 0. The predicted molar refractivity (Wildman–Crippen MR) is 119 cm³/mol. The normalized spacial score (nSPS) is 10.4. The number of carbonyl (C=O) groups is 2. The molecule has 5 heteroatoms. The first kappa shape index (κ1) is 21.1. The lowest BCUT2D eigenvalue weighted by molar-refractivity contribution is -0.118. The molecule has 3 aromatic carbocycles. The molecule has 0 spiro atoms. The summed E-state index contributed by atoms with van der Waals surface area (Å²) >= 11 is 0. The van der Waals surface area contributed by atoms with E-state index in [-0.39, 0.29) is 18.4 Å². The Labute approximate surface area is 177 Å². The molecule has 0 aromatic heterocycles. The molecule has 154 valence electrons. The number of hydrogen-bond donors (Lipinski definition) is 1. The lowest BCUT2D eigenvalue weighted by atomic mass is 10.1. The standard InChI is InChI=1S/C25H26N2O3/c1-18-9-7-10-19(2)24(18)30-17-23(28)26-22-14-8-13-21(15-22)25(29)27(3)16-20-11-5-4-6-12-20/h4-15H,16-17H2,1-3H3,(H,26,28). The first-order chi connectivity index (χ1) is 14.4. The van der Waals surface area contributed by atoms with Crippen molar-refractivity contribution in [1.29, 1.82) is 0 Å². The molecule has 2 amide bonds. The fourth-order valence-corrected chi connectivity index (χ4v) is 3.24. The third kappa shape index (κ3) is 5.47. The van der Waals surface area contributed by atoms with E-state index in [1.54, 1.807) is 36.2 Å². The first-order valence-corrected chi connectivity index (χ1v) is 9.82. The molecule has 0 unspecified atom stereocenters. The van der Waals surface area contributed by atoms with Crippen LogP contribution in [0, 0.1) is 13.8 Å². The summed E-state index contributed by atoms with van der Waals surface area (Å²) in [4.78, 5) is 26.7. The lowest BCUT2D eigenvalue weighted by Gasteiger charge is -2.18. The van der Waals surface area contributed by atoms with Crippen molar-refractivity contribution in [2.24, 2.45) is 0 Å². The molecule has 0 atom stereocenters. The van der Waals surface area contributed by atoms with Crippen molar-refractivity contribution in [2.75, 3.05) is 19.0 Å². The Morgan fingerprint density at radius 1 is 0.900 bits per heavy atom. The molecule has 5 nitrogen and oxygen atoms in total. The Balaban J connectivity index is 1.60. The summed E-state index contributed by atoms with van der Waals surface area (Å²) in [7, 11) is 1.76. The monoisotopic (exact) mass is 402 g/mol. The zero-order valence-electron chi connectivity index (χ0n) is 17.5. The Hall–Kier alpha value is -3.60. The predicted octanol–water partition coefficient (Wildman–Crippen LogP) is 4.59. The summed E-state index contributed by atoms with van der Waals surface area (Å²) in [5.41, 5.74) is 4.10. The summed E-state index contributed by atoms with van der Waals surface area (Å²) in [5, 5.41) is 2.80. The van der Waals surface area contributed by atoms with E-state index in [1.807, 2.05) is 62.4 Å². The van der Waals surface area contributed by atoms with Gasteiger partial charge in [-0.3, -0.25) is 9.59 Å². The van der Waals surface area contributed by atoms with Crippen molar-refractivity contribution in [3.05, 3.63) is 95.1 Å². The fourth-order valence-electron chi connectivity index (χ4n) is 3.24. The van der Waals surface area contributed by atoms with Crippen molar-refractivity contribution in [1.82, 2.24) is 4.90 Å². The zero-order valence-corrected chi connectivity index (χ0v) is 17.5. The van der Waals surface area contributed by atoms with Gasteiger partial charge in [-0.25, -0.2) is 0 Å².